The second-order valence-corrected chi connectivity index (χ2v) is 8.84. The number of rotatable bonds is 5. The molecule has 3 heterocycles. The van der Waals surface area contributed by atoms with Gasteiger partial charge in [-0.05, 0) is 81.7 Å². The van der Waals surface area contributed by atoms with Crippen LogP contribution in [0.2, 0.25) is 0 Å². The van der Waals surface area contributed by atoms with Crippen molar-refractivity contribution < 1.29 is 5.11 Å². The molecule has 1 saturated heterocycles. The van der Waals surface area contributed by atoms with Gasteiger partial charge in [-0.25, -0.2) is 0 Å². The Morgan fingerprint density at radius 2 is 1.77 bits per heavy atom. The van der Waals surface area contributed by atoms with Gasteiger partial charge < -0.3 is 19.9 Å². The van der Waals surface area contributed by atoms with Crippen molar-refractivity contribution >= 4 is 17.3 Å². The maximum Gasteiger partial charge on any atom is 0.170 e. The first-order valence-corrected chi connectivity index (χ1v) is 11.1. The average Bonchev–Trinajstić information content (AvgIpc) is 3.19. The van der Waals surface area contributed by atoms with Crippen molar-refractivity contribution in [2.75, 3.05) is 13.2 Å². The predicted molar refractivity (Wildman–Crippen MR) is 129 cm³/mol. The van der Waals surface area contributed by atoms with Crippen molar-refractivity contribution in [2.24, 2.45) is 0 Å². The lowest BCUT2D eigenvalue weighted by Gasteiger charge is -2.27. The fraction of sp³-hybridized carbons (Fsp3) is 0.360. The van der Waals surface area contributed by atoms with Gasteiger partial charge in [-0.1, -0.05) is 23.8 Å². The summed E-state index contributed by atoms with van der Waals surface area (Å²) in [6.45, 7) is 11.3. The monoisotopic (exact) mass is 434 g/mol. The molecule has 4 rings (SSSR count). The van der Waals surface area contributed by atoms with Crippen molar-refractivity contribution in [1.82, 2.24) is 19.8 Å². The summed E-state index contributed by atoms with van der Waals surface area (Å²) < 4.78 is 2.35. The van der Waals surface area contributed by atoms with Crippen LogP contribution in [-0.4, -0.2) is 37.8 Å². The Hall–Kier alpha value is -2.70. The van der Waals surface area contributed by atoms with E-state index in [1.807, 2.05) is 24.4 Å². The highest BCUT2D eigenvalue weighted by molar-refractivity contribution is 7.80. The Balaban J connectivity index is 1.88. The number of aliphatic hydroxyl groups is 1. The molecule has 5 nitrogen and oxygen atoms in total. The Kier molecular flexibility index (Phi) is 5.86. The summed E-state index contributed by atoms with van der Waals surface area (Å²) in [5.41, 5.74) is 9.56. The van der Waals surface area contributed by atoms with Gasteiger partial charge in [0.1, 0.15) is 0 Å². The SMILES string of the molecule is Cc1cc(C)c(-n2c(C)cc([C@H]3[C@@H](c4ccccn4)NC(=S)N3CCO)c2C)c(C)c1. The Morgan fingerprint density at radius 1 is 1.06 bits per heavy atom. The molecule has 0 bridgehead atoms. The summed E-state index contributed by atoms with van der Waals surface area (Å²) >= 11 is 5.66. The number of nitrogens with zero attached hydrogens (tertiary/aromatic N) is 3. The second-order valence-electron chi connectivity index (χ2n) is 8.45. The molecule has 1 aromatic carbocycles. The Morgan fingerprint density at radius 3 is 2.39 bits per heavy atom. The van der Waals surface area contributed by atoms with Crippen LogP contribution in [0.5, 0.6) is 0 Å². The lowest BCUT2D eigenvalue weighted by Crippen LogP contribution is -2.32. The number of aromatic nitrogens is 2. The molecule has 31 heavy (non-hydrogen) atoms. The minimum atomic E-state index is -0.0746. The van der Waals surface area contributed by atoms with E-state index in [9.17, 15) is 5.11 Å². The first kappa shape index (κ1) is 21.5. The summed E-state index contributed by atoms with van der Waals surface area (Å²) in [7, 11) is 0. The van der Waals surface area contributed by atoms with Crippen LogP contribution in [0.3, 0.4) is 0 Å². The van der Waals surface area contributed by atoms with Gasteiger partial charge in [0.25, 0.3) is 0 Å². The fourth-order valence-corrected chi connectivity index (χ4v) is 5.38. The molecule has 0 radical (unpaired) electrons. The van der Waals surface area contributed by atoms with Gasteiger partial charge in [0, 0.05) is 24.1 Å². The Labute approximate surface area is 189 Å². The predicted octanol–water partition coefficient (Wildman–Crippen LogP) is 4.38. The first-order chi connectivity index (χ1) is 14.8. The fourth-order valence-electron chi connectivity index (χ4n) is 5.05. The van der Waals surface area contributed by atoms with Crippen LogP contribution in [0.1, 0.15) is 51.4 Å². The topological polar surface area (TPSA) is 53.3 Å². The molecular weight excluding hydrogens is 404 g/mol. The minimum Gasteiger partial charge on any atom is -0.395 e. The number of pyridine rings is 1. The molecule has 0 aliphatic carbocycles. The summed E-state index contributed by atoms with van der Waals surface area (Å²) in [5, 5.41) is 13.8. The van der Waals surface area contributed by atoms with Crippen molar-refractivity contribution in [3.05, 3.63) is 81.9 Å². The van der Waals surface area contributed by atoms with Crippen LogP contribution in [0, 0.1) is 34.6 Å². The maximum absolute atomic E-state index is 9.72. The molecule has 2 atom stereocenters. The number of aryl methyl sites for hydroxylation is 4. The molecule has 1 fully saturated rings. The van der Waals surface area contributed by atoms with Crippen LogP contribution >= 0.6 is 12.2 Å². The van der Waals surface area contributed by atoms with E-state index in [1.54, 1.807) is 0 Å². The van der Waals surface area contributed by atoms with Crippen LogP contribution in [0.4, 0.5) is 0 Å². The van der Waals surface area contributed by atoms with E-state index in [0.29, 0.717) is 11.7 Å². The molecule has 162 valence electrons. The largest absolute Gasteiger partial charge is 0.395 e. The first-order valence-electron chi connectivity index (χ1n) is 10.7. The molecule has 0 amide bonds. The van der Waals surface area contributed by atoms with Crippen LogP contribution < -0.4 is 5.32 Å². The molecule has 1 aliphatic rings. The van der Waals surface area contributed by atoms with E-state index in [4.69, 9.17) is 12.2 Å². The maximum atomic E-state index is 9.72. The molecule has 3 aromatic rings. The smallest absolute Gasteiger partial charge is 0.170 e. The summed E-state index contributed by atoms with van der Waals surface area (Å²) in [5.74, 6) is 0. The number of nitrogens with one attached hydrogen (secondary N) is 1. The summed E-state index contributed by atoms with van der Waals surface area (Å²) in [6, 6.07) is 12.6. The van der Waals surface area contributed by atoms with Crippen molar-refractivity contribution in [3.8, 4) is 5.69 Å². The molecule has 0 saturated carbocycles. The lowest BCUT2D eigenvalue weighted by molar-refractivity contribution is 0.223. The number of hydrogen-bond donors (Lipinski definition) is 2. The zero-order valence-electron chi connectivity index (χ0n) is 18.8. The van der Waals surface area contributed by atoms with E-state index in [0.717, 1.165) is 5.69 Å². The van der Waals surface area contributed by atoms with Gasteiger partial charge in [0.15, 0.2) is 5.11 Å². The summed E-state index contributed by atoms with van der Waals surface area (Å²) in [6.07, 6.45) is 1.81. The molecule has 0 unspecified atom stereocenters. The lowest BCUT2D eigenvalue weighted by atomic mass is 9.96. The van der Waals surface area contributed by atoms with E-state index in [1.165, 1.54) is 39.3 Å². The number of thiocarbonyl (C=S) groups is 1. The van der Waals surface area contributed by atoms with Crippen LogP contribution in [0.15, 0.2) is 42.6 Å². The van der Waals surface area contributed by atoms with Gasteiger partial charge >= 0.3 is 0 Å². The standard InChI is InChI=1S/C25H30N4OS/c1-15-12-16(2)23(17(3)13-15)29-18(4)14-20(19(29)5)24-22(21-8-6-7-9-26-21)27-25(31)28(24)10-11-30/h6-9,12-14,22,24,30H,10-11H2,1-5H3,(H,27,31)/t22-,24+/m1/s1. The van der Waals surface area contributed by atoms with E-state index < -0.39 is 0 Å². The van der Waals surface area contributed by atoms with Gasteiger partial charge in [0.05, 0.1) is 30.1 Å². The van der Waals surface area contributed by atoms with Gasteiger partial charge in [-0.2, -0.15) is 0 Å². The molecule has 0 spiro atoms. The third-order valence-electron chi connectivity index (χ3n) is 6.19. The van der Waals surface area contributed by atoms with E-state index >= 15 is 0 Å². The van der Waals surface area contributed by atoms with Gasteiger partial charge in [0.2, 0.25) is 0 Å². The molecular formula is C25H30N4OS. The minimum absolute atomic E-state index is 0.0411. The second kappa shape index (κ2) is 8.44. The third kappa shape index (κ3) is 3.75. The third-order valence-corrected chi connectivity index (χ3v) is 6.54. The van der Waals surface area contributed by atoms with Crippen LogP contribution in [-0.2, 0) is 0 Å². The van der Waals surface area contributed by atoms with Crippen LogP contribution in [0.25, 0.3) is 5.69 Å². The molecule has 2 N–H and O–H groups in total. The number of hydrogen-bond acceptors (Lipinski definition) is 3. The highest BCUT2D eigenvalue weighted by Gasteiger charge is 2.41. The number of benzene rings is 1. The molecule has 6 heteroatoms. The quantitative estimate of drug-likeness (QED) is 0.584. The Bertz CT molecular complexity index is 1100. The highest BCUT2D eigenvalue weighted by atomic mass is 32.1. The van der Waals surface area contributed by atoms with Crippen molar-refractivity contribution in [3.63, 3.8) is 0 Å². The zero-order chi connectivity index (χ0) is 22.3. The van der Waals surface area contributed by atoms with E-state index in [2.05, 4.69) is 72.6 Å². The molecule has 2 aromatic heterocycles. The van der Waals surface area contributed by atoms with Crippen molar-refractivity contribution in [1.29, 1.82) is 0 Å². The number of aliphatic hydroxyl groups excluding tert-OH is 1. The summed E-state index contributed by atoms with van der Waals surface area (Å²) in [4.78, 5) is 6.70. The normalized spacial score (nSPS) is 18.5. The van der Waals surface area contributed by atoms with Gasteiger partial charge in [-0.3, -0.25) is 4.98 Å². The van der Waals surface area contributed by atoms with Gasteiger partial charge in [-0.15, -0.1) is 0 Å². The average molecular weight is 435 g/mol. The molecule has 1 aliphatic heterocycles. The highest BCUT2D eigenvalue weighted by Crippen LogP contribution is 2.41. The van der Waals surface area contributed by atoms with Crippen molar-refractivity contribution in [2.45, 2.75) is 46.7 Å². The zero-order valence-corrected chi connectivity index (χ0v) is 19.6. The van der Waals surface area contributed by atoms with E-state index in [-0.39, 0.29) is 18.7 Å². The number of β-amino-alcohol motifs (C(OH)–C–C–N with tert-alkyl or cyclic N) is 1.